The molecule has 0 amide bonds. The van der Waals surface area contributed by atoms with E-state index in [0.29, 0.717) is 12.1 Å². The van der Waals surface area contributed by atoms with E-state index in [-0.39, 0.29) is 29.4 Å². The molecule has 2 aromatic carbocycles. The number of phenolic OH excluding ortho intramolecular Hbond substituents is 2. The first-order chi connectivity index (χ1) is 10.8. The number of Topliss-reactive ketones (excluding diaryl/α,β-unsaturated/α-hetero) is 1. The standard InChI is InChI=1S/C19H23NO3/c1-19(2,3)20(12-14-7-5-4-6-8-14)13-18(23)15-9-16(21)11-17(22)10-15/h4-11,21-22H,12-13H2,1-3H3. The molecule has 4 heteroatoms. The highest BCUT2D eigenvalue weighted by Crippen LogP contribution is 2.23. The van der Waals surface area contributed by atoms with Gasteiger partial charge in [0.15, 0.2) is 5.78 Å². The van der Waals surface area contributed by atoms with Gasteiger partial charge >= 0.3 is 0 Å². The number of benzene rings is 2. The lowest BCUT2D eigenvalue weighted by Crippen LogP contribution is -2.43. The van der Waals surface area contributed by atoms with Gasteiger partial charge in [0.25, 0.3) is 0 Å². The third kappa shape index (κ3) is 4.83. The van der Waals surface area contributed by atoms with Crippen LogP contribution >= 0.6 is 0 Å². The summed E-state index contributed by atoms with van der Waals surface area (Å²) in [5.41, 5.74) is 1.25. The van der Waals surface area contributed by atoms with Crippen molar-refractivity contribution in [2.45, 2.75) is 32.9 Å². The molecule has 2 rings (SSSR count). The van der Waals surface area contributed by atoms with Gasteiger partial charge in [-0.05, 0) is 38.5 Å². The largest absolute Gasteiger partial charge is 0.508 e. The maximum atomic E-state index is 12.5. The predicted octanol–water partition coefficient (Wildman–Crippen LogP) is 3.58. The third-order valence-corrected chi connectivity index (χ3v) is 3.72. The molecule has 0 bridgehead atoms. The van der Waals surface area contributed by atoms with E-state index in [1.807, 2.05) is 30.3 Å². The van der Waals surface area contributed by atoms with E-state index in [1.165, 1.54) is 18.2 Å². The summed E-state index contributed by atoms with van der Waals surface area (Å²) < 4.78 is 0. The second-order valence-corrected chi connectivity index (χ2v) is 6.67. The topological polar surface area (TPSA) is 60.8 Å². The fraction of sp³-hybridized carbons (Fsp3) is 0.316. The SMILES string of the molecule is CC(C)(C)N(CC(=O)c1cc(O)cc(O)c1)Cc1ccccc1. The van der Waals surface area contributed by atoms with Crippen LogP contribution in [0, 0.1) is 0 Å². The van der Waals surface area contributed by atoms with Gasteiger partial charge in [0.05, 0.1) is 6.54 Å². The zero-order valence-electron chi connectivity index (χ0n) is 13.8. The van der Waals surface area contributed by atoms with Gasteiger partial charge in [-0.2, -0.15) is 0 Å². The van der Waals surface area contributed by atoms with Gasteiger partial charge in [-0.25, -0.2) is 0 Å². The molecule has 0 radical (unpaired) electrons. The van der Waals surface area contributed by atoms with E-state index >= 15 is 0 Å². The number of phenols is 2. The summed E-state index contributed by atoms with van der Waals surface area (Å²) >= 11 is 0. The van der Waals surface area contributed by atoms with Crippen LogP contribution in [0.5, 0.6) is 11.5 Å². The van der Waals surface area contributed by atoms with Gasteiger partial charge in [0.2, 0.25) is 0 Å². The van der Waals surface area contributed by atoms with Gasteiger partial charge in [-0.3, -0.25) is 9.69 Å². The Morgan fingerprint density at radius 2 is 1.57 bits per heavy atom. The van der Waals surface area contributed by atoms with E-state index in [0.717, 1.165) is 5.56 Å². The average molecular weight is 313 g/mol. The van der Waals surface area contributed by atoms with Crippen LogP contribution in [0.4, 0.5) is 0 Å². The Balaban J connectivity index is 2.19. The molecule has 2 aromatic rings. The van der Waals surface area contributed by atoms with Crippen LogP contribution in [-0.4, -0.2) is 33.0 Å². The molecular weight excluding hydrogens is 290 g/mol. The smallest absolute Gasteiger partial charge is 0.177 e. The second kappa shape index (κ2) is 6.84. The number of carbonyl (C=O) groups is 1. The quantitative estimate of drug-likeness (QED) is 0.828. The number of aromatic hydroxyl groups is 2. The van der Waals surface area contributed by atoms with Crippen molar-refractivity contribution in [2.75, 3.05) is 6.54 Å². The molecule has 0 aliphatic rings. The van der Waals surface area contributed by atoms with Crippen molar-refractivity contribution in [3.05, 3.63) is 59.7 Å². The van der Waals surface area contributed by atoms with E-state index in [9.17, 15) is 15.0 Å². The van der Waals surface area contributed by atoms with E-state index in [1.54, 1.807) is 0 Å². The Hall–Kier alpha value is -2.33. The number of hydrogen-bond donors (Lipinski definition) is 2. The van der Waals surface area contributed by atoms with Gasteiger partial charge < -0.3 is 10.2 Å². The minimum atomic E-state index is -0.190. The highest BCUT2D eigenvalue weighted by atomic mass is 16.3. The molecular formula is C19H23NO3. The molecule has 0 saturated heterocycles. The molecule has 0 unspecified atom stereocenters. The Bertz CT molecular complexity index is 655. The molecule has 0 fully saturated rings. The Morgan fingerprint density at radius 1 is 1.00 bits per heavy atom. The first kappa shape index (κ1) is 17.0. The summed E-state index contributed by atoms with van der Waals surface area (Å²) in [6.07, 6.45) is 0. The Morgan fingerprint density at radius 3 is 2.09 bits per heavy atom. The van der Waals surface area contributed by atoms with Crippen molar-refractivity contribution in [3.8, 4) is 11.5 Å². The third-order valence-electron chi connectivity index (χ3n) is 3.72. The Labute approximate surface area is 137 Å². The van der Waals surface area contributed by atoms with Crippen LogP contribution in [0.25, 0.3) is 0 Å². The molecule has 0 aliphatic heterocycles. The lowest BCUT2D eigenvalue weighted by molar-refractivity contribution is 0.0793. The monoisotopic (exact) mass is 313 g/mol. The summed E-state index contributed by atoms with van der Waals surface area (Å²) in [6, 6.07) is 14.0. The molecule has 0 atom stereocenters. The van der Waals surface area contributed by atoms with Crippen LogP contribution in [0.15, 0.2) is 48.5 Å². The fourth-order valence-corrected chi connectivity index (χ4v) is 2.35. The molecule has 0 heterocycles. The van der Waals surface area contributed by atoms with Crippen molar-refractivity contribution in [1.29, 1.82) is 0 Å². The average Bonchev–Trinajstić information content (AvgIpc) is 2.45. The first-order valence-corrected chi connectivity index (χ1v) is 7.61. The number of rotatable bonds is 5. The summed E-state index contributed by atoms with van der Waals surface area (Å²) in [6.45, 7) is 7.04. The van der Waals surface area contributed by atoms with Crippen molar-refractivity contribution >= 4 is 5.78 Å². The molecule has 2 N–H and O–H groups in total. The normalized spacial score (nSPS) is 11.7. The van der Waals surface area contributed by atoms with Crippen LogP contribution in [0.3, 0.4) is 0 Å². The molecule has 23 heavy (non-hydrogen) atoms. The van der Waals surface area contributed by atoms with Crippen LogP contribution in [-0.2, 0) is 6.54 Å². The molecule has 122 valence electrons. The van der Waals surface area contributed by atoms with Gasteiger partial charge in [-0.1, -0.05) is 30.3 Å². The minimum Gasteiger partial charge on any atom is -0.508 e. The second-order valence-electron chi connectivity index (χ2n) is 6.67. The number of hydrogen-bond acceptors (Lipinski definition) is 4. The highest BCUT2D eigenvalue weighted by Gasteiger charge is 2.24. The summed E-state index contributed by atoms with van der Waals surface area (Å²) in [4.78, 5) is 14.6. The van der Waals surface area contributed by atoms with Crippen LogP contribution in [0.2, 0.25) is 0 Å². The minimum absolute atomic E-state index is 0.112. The van der Waals surface area contributed by atoms with Crippen molar-refractivity contribution in [2.24, 2.45) is 0 Å². The maximum absolute atomic E-state index is 12.5. The van der Waals surface area contributed by atoms with Crippen molar-refractivity contribution in [1.82, 2.24) is 4.90 Å². The molecule has 0 aromatic heterocycles. The zero-order chi connectivity index (χ0) is 17.0. The fourth-order valence-electron chi connectivity index (χ4n) is 2.35. The molecule has 0 saturated carbocycles. The zero-order valence-corrected chi connectivity index (χ0v) is 13.8. The first-order valence-electron chi connectivity index (χ1n) is 7.61. The van der Waals surface area contributed by atoms with Crippen LogP contribution < -0.4 is 0 Å². The van der Waals surface area contributed by atoms with Gasteiger partial charge in [-0.15, -0.1) is 0 Å². The van der Waals surface area contributed by atoms with Crippen LogP contribution in [0.1, 0.15) is 36.7 Å². The van der Waals surface area contributed by atoms with Gasteiger partial charge in [0, 0.05) is 23.7 Å². The molecule has 4 nitrogen and oxygen atoms in total. The summed E-state index contributed by atoms with van der Waals surface area (Å²) in [5.74, 6) is -0.362. The highest BCUT2D eigenvalue weighted by molar-refractivity contribution is 5.98. The summed E-state index contributed by atoms with van der Waals surface area (Å²) in [5, 5.41) is 19.1. The predicted molar refractivity (Wildman–Crippen MR) is 90.7 cm³/mol. The lowest BCUT2D eigenvalue weighted by Gasteiger charge is -2.35. The lowest BCUT2D eigenvalue weighted by atomic mass is 10.0. The number of ketones is 1. The number of carbonyl (C=O) groups excluding carboxylic acids is 1. The van der Waals surface area contributed by atoms with Gasteiger partial charge in [0.1, 0.15) is 11.5 Å². The molecule has 0 aliphatic carbocycles. The van der Waals surface area contributed by atoms with Crippen molar-refractivity contribution in [3.63, 3.8) is 0 Å². The summed E-state index contributed by atoms with van der Waals surface area (Å²) in [7, 11) is 0. The van der Waals surface area contributed by atoms with Crippen molar-refractivity contribution < 1.29 is 15.0 Å². The molecule has 0 spiro atoms. The number of nitrogens with zero attached hydrogens (tertiary/aromatic N) is 1. The van der Waals surface area contributed by atoms with E-state index < -0.39 is 0 Å². The van der Waals surface area contributed by atoms with E-state index in [4.69, 9.17) is 0 Å². The Kier molecular flexibility index (Phi) is 5.06. The maximum Gasteiger partial charge on any atom is 0.177 e. The van der Waals surface area contributed by atoms with E-state index in [2.05, 4.69) is 25.7 Å².